The Balaban J connectivity index is 1.71. The van der Waals surface area contributed by atoms with Gasteiger partial charge in [-0.3, -0.25) is 0 Å². The lowest BCUT2D eigenvalue weighted by Crippen LogP contribution is -2.24. The molecule has 3 aromatic rings. The summed E-state index contributed by atoms with van der Waals surface area (Å²) < 4.78 is 0. The van der Waals surface area contributed by atoms with E-state index in [2.05, 4.69) is 85.1 Å². The zero-order valence-corrected chi connectivity index (χ0v) is 15.2. The van der Waals surface area contributed by atoms with Gasteiger partial charge >= 0.3 is 0 Å². The monoisotopic (exact) mass is 329 g/mol. The maximum atomic E-state index is 4.57. The predicted octanol–water partition coefficient (Wildman–Crippen LogP) is 5.22. The Morgan fingerprint density at radius 3 is 2.28 bits per heavy atom. The summed E-state index contributed by atoms with van der Waals surface area (Å²) in [5, 5.41) is 0. The third-order valence-electron chi connectivity index (χ3n) is 4.93. The first kappa shape index (κ1) is 15.7. The third kappa shape index (κ3) is 2.66. The van der Waals surface area contributed by atoms with Gasteiger partial charge in [0.1, 0.15) is 0 Å². The Bertz CT molecular complexity index is 905. The zero-order valence-electron chi connectivity index (χ0n) is 15.2. The first-order valence-electron chi connectivity index (χ1n) is 8.66. The fourth-order valence-corrected chi connectivity index (χ4v) is 3.90. The summed E-state index contributed by atoms with van der Waals surface area (Å²) in [5.74, 6) is 1.03. The number of rotatable bonds is 2. The summed E-state index contributed by atoms with van der Waals surface area (Å²) >= 11 is 0. The van der Waals surface area contributed by atoms with E-state index in [9.17, 15) is 0 Å². The maximum Gasteiger partial charge on any atom is 0.158 e. The molecule has 0 radical (unpaired) electrons. The Morgan fingerprint density at radius 2 is 1.60 bits per heavy atom. The SMILES string of the molecule is Cc1cc(C)c(-c2ccc(N3CN(C)c4cccnc43)cc2)c(C)c1. The van der Waals surface area contributed by atoms with E-state index >= 15 is 0 Å². The molecule has 0 bridgehead atoms. The van der Waals surface area contributed by atoms with Gasteiger partial charge in [0.2, 0.25) is 0 Å². The van der Waals surface area contributed by atoms with Crippen molar-refractivity contribution in [2.45, 2.75) is 20.8 Å². The summed E-state index contributed by atoms with van der Waals surface area (Å²) in [6, 6.07) is 17.5. The van der Waals surface area contributed by atoms with E-state index in [1.165, 1.54) is 39.2 Å². The molecule has 3 nitrogen and oxygen atoms in total. The van der Waals surface area contributed by atoms with Gasteiger partial charge in [-0.25, -0.2) is 4.98 Å². The molecular formula is C22H23N3. The number of benzene rings is 2. The Labute approximate surface area is 149 Å². The molecule has 3 heteroatoms. The van der Waals surface area contributed by atoms with Gasteiger partial charge < -0.3 is 9.80 Å². The van der Waals surface area contributed by atoms with Gasteiger partial charge in [0.25, 0.3) is 0 Å². The molecule has 0 aliphatic carbocycles. The number of aromatic nitrogens is 1. The molecule has 1 aliphatic heterocycles. The van der Waals surface area contributed by atoms with Gasteiger partial charge in [0, 0.05) is 18.9 Å². The smallest absolute Gasteiger partial charge is 0.158 e. The van der Waals surface area contributed by atoms with Crippen molar-refractivity contribution in [3.63, 3.8) is 0 Å². The summed E-state index contributed by atoms with van der Waals surface area (Å²) in [6.07, 6.45) is 1.86. The lowest BCUT2D eigenvalue weighted by Gasteiger charge is -2.19. The average molecular weight is 329 g/mol. The Kier molecular flexibility index (Phi) is 3.72. The largest absolute Gasteiger partial charge is 0.354 e. The number of nitrogens with zero attached hydrogens (tertiary/aromatic N) is 3. The zero-order chi connectivity index (χ0) is 17.6. The second-order valence-electron chi connectivity index (χ2n) is 6.93. The minimum atomic E-state index is 0.828. The first-order chi connectivity index (χ1) is 12.0. The molecule has 1 aliphatic rings. The first-order valence-corrected chi connectivity index (χ1v) is 8.66. The molecule has 0 fully saturated rings. The molecule has 0 atom stereocenters. The van der Waals surface area contributed by atoms with Crippen LogP contribution < -0.4 is 9.80 Å². The second kappa shape index (κ2) is 5.92. The van der Waals surface area contributed by atoms with Crippen LogP contribution in [0.25, 0.3) is 11.1 Å². The van der Waals surface area contributed by atoms with Crippen molar-refractivity contribution >= 4 is 17.2 Å². The molecule has 0 spiro atoms. The summed E-state index contributed by atoms with van der Waals surface area (Å²) in [5.41, 5.74) is 8.95. The summed E-state index contributed by atoms with van der Waals surface area (Å²) in [4.78, 5) is 9.05. The highest BCUT2D eigenvalue weighted by molar-refractivity contribution is 5.80. The highest BCUT2D eigenvalue weighted by atomic mass is 15.4. The molecule has 0 N–H and O–H groups in total. The maximum absolute atomic E-state index is 4.57. The van der Waals surface area contributed by atoms with E-state index in [1.807, 2.05) is 12.3 Å². The molecule has 0 amide bonds. The number of hydrogen-bond acceptors (Lipinski definition) is 3. The van der Waals surface area contributed by atoms with Crippen molar-refractivity contribution in [1.29, 1.82) is 0 Å². The van der Waals surface area contributed by atoms with E-state index < -0.39 is 0 Å². The lowest BCUT2D eigenvalue weighted by atomic mass is 9.94. The number of pyridine rings is 1. The molecule has 2 heterocycles. The fraction of sp³-hybridized carbons (Fsp3) is 0.227. The number of anilines is 3. The van der Waals surface area contributed by atoms with Crippen LogP contribution in [0.1, 0.15) is 16.7 Å². The molecule has 0 saturated heterocycles. The number of hydrogen-bond donors (Lipinski definition) is 0. The Hall–Kier alpha value is -2.81. The van der Waals surface area contributed by atoms with Crippen molar-refractivity contribution < 1.29 is 0 Å². The standard InChI is InChI=1S/C22H23N3/c1-15-12-16(2)21(17(3)13-15)18-7-9-19(10-8-18)25-14-24(4)20-6-5-11-23-22(20)25/h5-13H,14H2,1-4H3. The number of fused-ring (bicyclic) bond motifs is 1. The molecule has 2 aromatic carbocycles. The topological polar surface area (TPSA) is 19.4 Å². The molecule has 0 saturated carbocycles. The van der Waals surface area contributed by atoms with Crippen LogP contribution in [-0.4, -0.2) is 18.7 Å². The van der Waals surface area contributed by atoms with E-state index in [-0.39, 0.29) is 0 Å². The van der Waals surface area contributed by atoms with Crippen LogP contribution >= 0.6 is 0 Å². The van der Waals surface area contributed by atoms with Crippen LogP contribution in [0.2, 0.25) is 0 Å². The molecule has 0 unspecified atom stereocenters. The van der Waals surface area contributed by atoms with Gasteiger partial charge in [-0.2, -0.15) is 0 Å². The van der Waals surface area contributed by atoms with Crippen LogP contribution in [0.15, 0.2) is 54.7 Å². The van der Waals surface area contributed by atoms with Crippen molar-refractivity contribution in [1.82, 2.24) is 4.98 Å². The quantitative estimate of drug-likeness (QED) is 0.642. The minimum Gasteiger partial charge on any atom is -0.354 e. The molecule has 1 aromatic heterocycles. The lowest BCUT2D eigenvalue weighted by molar-refractivity contribution is 0.944. The average Bonchev–Trinajstić information content (AvgIpc) is 2.92. The van der Waals surface area contributed by atoms with Gasteiger partial charge in [-0.05, 0) is 67.3 Å². The molecular weight excluding hydrogens is 306 g/mol. The van der Waals surface area contributed by atoms with Crippen LogP contribution in [0, 0.1) is 20.8 Å². The normalized spacial score (nSPS) is 13.3. The van der Waals surface area contributed by atoms with Crippen molar-refractivity contribution in [2.24, 2.45) is 0 Å². The van der Waals surface area contributed by atoms with Crippen LogP contribution in [-0.2, 0) is 0 Å². The van der Waals surface area contributed by atoms with Crippen molar-refractivity contribution in [2.75, 3.05) is 23.5 Å². The highest BCUT2D eigenvalue weighted by Gasteiger charge is 2.25. The second-order valence-corrected chi connectivity index (χ2v) is 6.93. The number of aryl methyl sites for hydroxylation is 3. The third-order valence-corrected chi connectivity index (χ3v) is 4.93. The Morgan fingerprint density at radius 1 is 0.920 bits per heavy atom. The van der Waals surface area contributed by atoms with E-state index in [4.69, 9.17) is 0 Å². The fourth-order valence-electron chi connectivity index (χ4n) is 3.90. The minimum absolute atomic E-state index is 0.828. The predicted molar refractivity (Wildman–Crippen MR) is 106 cm³/mol. The summed E-state index contributed by atoms with van der Waals surface area (Å²) in [7, 11) is 2.11. The van der Waals surface area contributed by atoms with Crippen LogP contribution in [0.5, 0.6) is 0 Å². The molecule has 4 rings (SSSR count). The van der Waals surface area contributed by atoms with Gasteiger partial charge in [0.15, 0.2) is 5.82 Å². The highest BCUT2D eigenvalue weighted by Crippen LogP contribution is 2.38. The van der Waals surface area contributed by atoms with Crippen LogP contribution in [0.4, 0.5) is 17.2 Å². The summed E-state index contributed by atoms with van der Waals surface area (Å²) in [6.45, 7) is 7.37. The van der Waals surface area contributed by atoms with Gasteiger partial charge in [-0.1, -0.05) is 29.8 Å². The van der Waals surface area contributed by atoms with Crippen molar-refractivity contribution in [3.8, 4) is 11.1 Å². The van der Waals surface area contributed by atoms with E-state index in [1.54, 1.807) is 0 Å². The van der Waals surface area contributed by atoms with Crippen LogP contribution in [0.3, 0.4) is 0 Å². The molecule has 126 valence electrons. The van der Waals surface area contributed by atoms with Gasteiger partial charge in [0.05, 0.1) is 12.4 Å². The van der Waals surface area contributed by atoms with E-state index in [0.717, 1.165) is 12.5 Å². The van der Waals surface area contributed by atoms with Crippen molar-refractivity contribution in [3.05, 3.63) is 71.4 Å². The van der Waals surface area contributed by atoms with E-state index in [0.29, 0.717) is 0 Å². The van der Waals surface area contributed by atoms with Gasteiger partial charge in [-0.15, -0.1) is 0 Å². The molecule has 25 heavy (non-hydrogen) atoms.